The number of nitrogens with one attached hydrogen (secondary N) is 2. The van der Waals surface area contributed by atoms with Gasteiger partial charge in [-0.15, -0.1) is 0 Å². The van der Waals surface area contributed by atoms with Crippen molar-refractivity contribution >= 4 is 23.4 Å². The molecule has 37 heavy (non-hydrogen) atoms. The van der Waals surface area contributed by atoms with Crippen LogP contribution < -0.4 is 15.4 Å². The summed E-state index contributed by atoms with van der Waals surface area (Å²) in [4.78, 5) is 42.9. The highest BCUT2D eigenvalue weighted by atomic mass is 16.5. The fourth-order valence-corrected chi connectivity index (χ4v) is 6.61. The maximum atomic E-state index is 13.9. The highest BCUT2D eigenvalue weighted by molar-refractivity contribution is 6.02. The molecule has 3 heterocycles. The Morgan fingerprint density at radius 2 is 2.00 bits per heavy atom. The van der Waals surface area contributed by atoms with Gasteiger partial charge in [-0.2, -0.15) is 0 Å². The van der Waals surface area contributed by atoms with Crippen molar-refractivity contribution < 1.29 is 28.6 Å². The van der Waals surface area contributed by atoms with Crippen LogP contribution in [0.3, 0.4) is 0 Å². The fourth-order valence-electron chi connectivity index (χ4n) is 6.61. The molecule has 4 aliphatic rings. The molecule has 1 aromatic rings. The lowest BCUT2D eigenvalue weighted by molar-refractivity contribution is -0.141. The van der Waals surface area contributed by atoms with Gasteiger partial charge in [0.2, 0.25) is 17.7 Å². The van der Waals surface area contributed by atoms with Crippen LogP contribution in [0.4, 0.5) is 5.69 Å². The summed E-state index contributed by atoms with van der Waals surface area (Å²) in [6.45, 7) is 2.99. The SMILES string of the molecule is COCCCN1C(=O)[C@H]2[C@H](C(=O)Nc3cccc(OC)c3)[C@H]3C=C[C@@]2(O3)[C@@H]1C(=O)N[C@@H]1CCCC[C@H]1C. The minimum atomic E-state index is -1.16. The Kier molecular flexibility index (Phi) is 7.27. The van der Waals surface area contributed by atoms with Crippen LogP contribution >= 0.6 is 0 Å². The Bertz CT molecular complexity index is 1080. The van der Waals surface area contributed by atoms with Crippen molar-refractivity contribution in [2.24, 2.45) is 17.8 Å². The van der Waals surface area contributed by atoms with Gasteiger partial charge in [0.05, 0.1) is 25.0 Å². The van der Waals surface area contributed by atoms with E-state index in [0.29, 0.717) is 36.9 Å². The number of amides is 3. The van der Waals surface area contributed by atoms with Crippen LogP contribution in [-0.2, 0) is 23.9 Å². The molecule has 9 heteroatoms. The van der Waals surface area contributed by atoms with Crippen molar-refractivity contribution in [2.45, 2.75) is 62.8 Å². The van der Waals surface area contributed by atoms with Gasteiger partial charge in [-0.25, -0.2) is 0 Å². The first-order valence-corrected chi connectivity index (χ1v) is 13.3. The number of fused-ring (bicyclic) bond motifs is 1. The van der Waals surface area contributed by atoms with Crippen molar-refractivity contribution in [1.29, 1.82) is 0 Å². The van der Waals surface area contributed by atoms with Gasteiger partial charge >= 0.3 is 0 Å². The predicted octanol–water partition coefficient (Wildman–Crippen LogP) is 2.52. The third-order valence-electron chi connectivity index (χ3n) is 8.45. The Morgan fingerprint density at radius 1 is 1.19 bits per heavy atom. The molecule has 7 atom stereocenters. The monoisotopic (exact) mass is 511 g/mol. The summed E-state index contributed by atoms with van der Waals surface area (Å²) in [5, 5.41) is 6.18. The minimum Gasteiger partial charge on any atom is -0.497 e. The summed E-state index contributed by atoms with van der Waals surface area (Å²) in [5.74, 6) is -1.23. The first-order valence-electron chi connectivity index (χ1n) is 13.3. The highest BCUT2D eigenvalue weighted by Gasteiger charge is 2.72. The maximum absolute atomic E-state index is 13.9. The molecule has 3 aliphatic heterocycles. The molecule has 5 rings (SSSR count). The van der Waals surface area contributed by atoms with Crippen LogP contribution in [-0.4, -0.2) is 73.8 Å². The van der Waals surface area contributed by atoms with Gasteiger partial charge in [0.25, 0.3) is 0 Å². The fraction of sp³-hybridized carbons (Fsp3) is 0.607. The number of rotatable bonds is 9. The standard InChI is InChI=1S/C28H37N3O6/c1-17-8-4-5-11-20(17)30-26(33)24-28-13-12-21(37-28)22(23(28)27(34)31(24)14-7-15-35-2)25(32)29-18-9-6-10-19(16-18)36-3/h6,9-10,12-13,16-17,20-24H,4-5,7-8,11,14-15H2,1-3H3,(H,29,32)(H,30,33)/t17-,20-,21-,22-,23-,24+,28+/m1/s1. The number of methoxy groups -OCH3 is 2. The number of nitrogens with zero attached hydrogens (tertiary/aromatic N) is 1. The van der Waals surface area contributed by atoms with E-state index in [1.807, 2.05) is 12.2 Å². The summed E-state index contributed by atoms with van der Waals surface area (Å²) in [7, 11) is 3.17. The van der Waals surface area contributed by atoms with Crippen molar-refractivity contribution in [3.8, 4) is 5.75 Å². The molecule has 1 aliphatic carbocycles. The smallest absolute Gasteiger partial charge is 0.246 e. The molecular formula is C28H37N3O6. The van der Waals surface area contributed by atoms with E-state index in [0.717, 1.165) is 19.3 Å². The second-order valence-corrected chi connectivity index (χ2v) is 10.7. The number of ether oxygens (including phenoxy) is 3. The Morgan fingerprint density at radius 3 is 2.76 bits per heavy atom. The lowest BCUT2D eigenvalue weighted by Crippen LogP contribution is -2.57. The van der Waals surface area contributed by atoms with Gasteiger partial charge in [0, 0.05) is 38.1 Å². The number of hydrogen-bond acceptors (Lipinski definition) is 6. The van der Waals surface area contributed by atoms with Gasteiger partial charge in [0.15, 0.2) is 0 Å². The lowest BCUT2D eigenvalue weighted by atomic mass is 9.74. The van der Waals surface area contributed by atoms with E-state index in [4.69, 9.17) is 14.2 Å². The van der Waals surface area contributed by atoms with Crippen molar-refractivity contribution in [1.82, 2.24) is 10.2 Å². The van der Waals surface area contributed by atoms with Crippen molar-refractivity contribution in [3.05, 3.63) is 36.4 Å². The van der Waals surface area contributed by atoms with Crippen LogP contribution in [0.2, 0.25) is 0 Å². The van der Waals surface area contributed by atoms with Gasteiger partial charge in [0.1, 0.15) is 17.4 Å². The zero-order valence-electron chi connectivity index (χ0n) is 21.8. The van der Waals surface area contributed by atoms with Crippen LogP contribution in [0.25, 0.3) is 0 Å². The summed E-state index contributed by atoms with van der Waals surface area (Å²) < 4.78 is 16.9. The molecule has 0 radical (unpaired) electrons. The molecule has 9 nitrogen and oxygen atoms in total. The Balaban J connectivity index is 1.42. The first kappa shape index (κ1) is 25.7. The number of carbonyl (C=O) groups excluding carboxylic acids is 3. The summed E-state index contributed by atoms with van der Waals surface area (Å²) in [5.41, 5.74) is -0.583. The molecule has 2 bridgehead atoms. The zero-order valence-corrected chi connectivity index (χ0v) is 21.8. The average Bonchev–Trinajstić information content (AvgIpc) is 3.53. The molecule has 2 N–H and O–H groups in total. The zero-order chi connectivity index (χ0) is 26.2. The third kappa shape index (κ3) is 4.52. The summed E-state index contributed by atoms with van der Waals surface area (Å²) in [6, 6.07) is 6.33. The van der Waals surface area contributed by atoms with Crippen molar-refractivity contribution in [3.63, 3.8) is 0 Å². The first-order chi connectivity index (χ1) is 17.9. The van der Waals surface area contributed by atoms with Crippen LogP contribution in [0.15, 0.2) is 36.4 Å². The van der Waals surface area contributed by atoms with Gasteiger partial charge in [-0.1, -0.05) is 38.0 Å². The van der Waals surface area contributed by atoms with E-state index in [2.05, 4.69) is 17.6 Å². The molecule has 3 amide bonds. The lowest BCUT2D eigenvalue weighted by Gasteiger charge is -2.36. The van der Waals surface area contributed by atoms with E-state index in [1.54, 1.807) is 43.4 Å². The van der Waals surface area contributed by atoms with Gasteiger partial charge in [-0.3, -0.25) is 14.4 Å². The van der Waals surface area contributed by atoms with Crippen LogP contribution in [0, 0.1) is 17.8 Å². The Labute approximate surface area is 217 Å². The Hall–Kier alpha value is -2.91. The van der Waals surface area contributed by atoms with E-state index >= 15 is 0 Å². The number of likely N-dealkylation sites (tertiary alicyclic amines) is 1. The van der Waals surface area contributed by atoms with E-state index in [9.17, 15) is 14.4 Å². The topological polar surface area (TPSA) is 106 Å². The van der Waals surface area contributed by atoms with E-state index in [-0.39, 0.29) is 23.8 Å². The largest absolute Gasteiger partial charge is 0.497 e. The highest BCUT2D eigenvalue weighted by Crippen LogP contribution is 2.55. The van der Waals surface area contributed by atoms with Gasteiger partial charge in [-0.05, 0) is 37.3 Å². The molecular weight excluding hydrogens is 474 g/mol. The quantitative estimate of drug-likeness (QED) is 0.390. The second kappa shape index (κ2) is 10.5. The molecule has 0 aromatic heterocycles. The predicted molar refractivity (Wildman–Crippen MR) is 137 cm³/mol. The van der Waals surface area contributed by atoms with Gasteiger partial charge < -0.3 is 29.7 Å². The molecule has 1 saturated carbocycles. The summed E-state index contributed by atoms with van der Waals surface area (Å²) >= 11 is 0. The maximum Gasteiger partial charge on any atom is 0.246 e. The third-order valence-corrected chi connectivity index (χ3v) is 8.45. The molecule has 2 saturated heterocycles. The summed E-state index contributed by atoms with van der Waals surface area (Å²) in [6.07, 6.45) is 7.95. The molecule has 200 valence electrons. The van der Waals surface area contributed by atoms with Crippen LogP contribution in [0.5, 0.6) is 5.75 Å². The van der Waals surface area contributed by atoms with Crippen LogP contribution in [0.1, 0.15) is 39.0 Å². The average molecular weight is 512 g/mol. The molecule has 3 fully saturated rings. The second-order valence-electron chi connectivity index (χ2n) is 10.7. The number of hydrogen-bond donors (Lipinski definition) is 2. The number of benzene rings is 1. The van der Waals surface area contributed by atoms with Crippen molar-refractivity contribution in [2.75, 3.05) is 32.7 Å². The minimum absolute atomic E-state index is 0.0716. The number of carbonyl (C=O) groups is 3. The molecule has 1 spiro atoms. The van der Waals surface area contributed by atoms with E-state index in [1.165, 1.54) is 6.42 Å². The molecule has 1 aromatic carbocycles. The molecule has 0 unspecified atom stereocenters. The normalized spacial score (nSPS) is 33.9. The van der Waals surface area contributed by atoms with E-state index < -0.39 is 29.6 Å². The number of anilines is 1.